The van der Waals surface area contributed by atoms with Crippen LogP contribution in [0.4, 0.5) is 11.8 Å². The van der Waals surface area contributed by atoms with Crippen LogP contribution in [0.3, 0.4) is 0 Å². The van der Waals surface area contributed by atoms with Gasteiger partial charge in [0.05, 0.1) is 48.8 Å². The van der Waals surface area contributed by atoms with Crippen LogP contribution in [0.5, 0.6) is 5.88 Å². The number of esters is 1. The van der Waals surface area contributed by atoms with Gasteiger partial charge in [0.2, 0.25) is 11.8 Å². The molecule has 38 heavy (non-hydrogen) atoms. The lowest BCUT2D eigenvalue weighted by Gasteiger charge is -2.28. The first-order valence-corrected chi connectivity index (χ1v) is 13.3. The summed E-state index contributed by atoms with van der Waals surface area (Å²) in [4.78, 5) is 40.1. The number of hydrogen-bond acceptors (Lipinski definition) is 12. The number of pyridine rings is 1. The fourth-order valence-corrected chi connectivity index (χ4v) is 5.22. The Labute approximate surface area is 224 Å². The zero-order chi connectivity index (χ0) is 26.5. The van der Waals surface area contributed by atoms with Gasteiger partial charge in [-0.3, -0.25) is 0 Å². The minimum Gasteiger partial charge on any atom is -0.478 e. The number of aromatic nitrogens is 5. The fourth-order valence-electron chi connectivity index (χ4n) is 4.05. The number of nitrogens with zero attached hydrogens (tertiary/aromatic N) is 7. The number of ether oxygens (including phenoxy) is 3. The Morgan fingerprint density at radius 2 is 1.87 bits per heavy atom. The molecule has 0 spiro atoms. The molecule has 0 unspecified atom stereocenters. The minimum atomic E-state index is -0.432. The first-order chi connectivity index (χ1) is 18.6. The van der Waals surface area contributed by atoms with Crippen LogP contribution in [-0.4, -0.2) is 77.5 Å². The highest BCUT2D eigenvalue weighted by atomic mass is 32.1. The topological polar surface area (TPSA) is 116 Å². The highest BCUT2D eigenvalue weighted by Gasteiger charge is 2.21. The fraction of sp³-hybridized carbons (Fsp3) is 0.385. The van der Waals surface area contributed by atoms with Crippen molar-refractivity contribution in [2.45, 2.75) is 20.4 Å². The maximum absolute atomic E-state index is 11.9. The van der Waals surface area contributed by atoms with Crippen molar-refractivity contribution in [1.29, 1.82) is 0 Å². The molecule has 198 valence electrons. The van der Waals surface area contributed by atoms with E-state index < -0.39 is 5.97 Å². The Morgan fingerprint density at radius 3 is 2.55 bits per heavy atom. The molecule has 1 aliphatic rings. The normalized spacial score (nSPS) is 13.5. The highest BCUT2D eigenvalue weighted by molar-refractivity contribution is 7.19. The maximum Gasteiger partial charge on any atom is 0.341 e. The van der Waals surface area contributed by atoms with Crippen LogP contribution in [-0.2, 0) is 16.0 Å². The Hall–Kier alpha value is -3.90. The van der Waals surface area contributed by atoms with Gasteiger partial charge in [0, 0.05) is 55.2 Å². The number of carbonyl (C=O) groups is 1. The summed E-state index contributed by atoms with van der Waals surface area (Å²) in [6.45, 7) is 7.97. The zero-order valence-electron chi connectivity index (χ0n) is 21.6. The van der Waals surface area contributed by atoms with E-state index in [1.807, 2.05) is 31.0 Å². The second-order valence-corrected chi connectivity index (χ2v) is 9.70. The average Bonchev–Trinajstić information content (AvgIpc) is 3.36. The van der Waals surface area contributed by atoms with Crippen molar-refractivity contribution in [2.24, 2.45) is 0 Å². The molecular formula is C26H29N7O4S. The second kappa shape index (κ2) is 11.7. The molecule has 0 atom stereocenters. The highest BCUT2D eigenvalue weighted by Crippen LogP contribution is 2.35. The lowest BCUT2D eigenvalue weighted by atomic mass is 10.2. The van der Waals surface area contributed by atoms with Gasteiger partial charge in [0.1, 0.15) is 0 Å². The first-order valence-electron chi connectivity index (χ1n) is 12.5. The second-order valence-electron chi connectivity index (χ2n) is 8.56. The molecule has 0 aliphatic carbocycles. The van der Waals surface area contributed by atoms with Gasteiger partial charge in [0.15, 0.2) is 11.6 Å². The van der Waals surface area contributed by atoms with Crippen molar-refractivity contribution in [3.63, 3.8) is 0 Å². The summed E-state index contributed by atoms with van der Waals surface area (Å²) in [6, 6.07) is 5.85. The summed E-state index contributed by atoms with van der Waals surface area (Å²) in [5.74, 6) is 2.17. The molecule has 1 fully saturated rings. The molecule has 5 rings (SSSR count). The molecule has 0 amide bonds. The number of fused-ring (bicyclic) bond motifs is 1. The van der Waals surface area contributed by atoms with Crippen LogP contribution < -0.4 is 14.5 Å². The van der Waals surface area contributed by atoms with Gasteiger partial charge in [-0.2, -0.15) is 0 Å². The third-order valence-corrected chi connectivity index (χ3v) is 6.99. The van der Waals surface area contributed by atoms with Crippen molar-refractivity contribution < 1.29 is 19.0 Å². The standard InChI is InChI=1S/C26H29N7O4S/c1-4-36-21-7-6-17(13-27-21)23-30-20-12-19(38-22(20)24(31-23)33-8-10-35-11-9-33)16-32(3)26-28-14-18(15-29-26)25(34)37-5-2/h6-7,12-15H,4-5,8-11,16H2,1-3H3. The Morgan fingerprint density at radius 1 is 1.08 bits per heavy atom. The first kappa shape index (κ1) is 25.7. The number of thiophene rings is 1. The quantitative estimate of drug-likeness (QED) is 0.293. The summed E-state index contributed by atoms with van der Waals surface area (Å²) >= 11 is 1.65. The van der Waals surface area contributed by atoms with E-state index in [2.05, 4.69) is 25.9 Å². The molecule has 5 heterocycles. The van der Waals surface area contributed by atoms with Crippen LogP contribution in [0.1, 0.15) is 29.1 Å². The zero-order valence-corrected chi connectivity index (χ0v) is 22.4. The molecule has 0 radical (unpaired) electrons. The minimum absolute atomic E-state index is 0.304. The van der Waals surface area contributed by atoms with E-state index in [1.54, 1.807) is 24.5 Å². The monoisotopic (exact) mass is 535 g/mol. The summed E-state index contributed by atoms with van der Waals surface area (Å²) in [7, 11) is 1.91. The molecule has 0 bridgehead atoms. The summed E-state index contributed by atoms with van der Waals surface area (Å²) < 4.78 is 17.1. The smallest absolute Gasteiger partial charge is 0.341 e. The molecule has 0 saturated carbocycles. The van der Waals surface area contributed by atoms with Crippen LogP contribution in [0.2, 0.25) is 0 Å². The van der Waals surface area contributed by atoms with Crippen molar-refractivity contribution in [2.75, 3.05) is 56.4 Å². The van der Waals surface area contributed by atoms with E-state index in [-0.39, 0.29) is 0 Å². The molecule has 4 aromatic rings. The Balaban J connectivity index is 1.44. The van der Waals surface area contributed by atoms with Gasteiger partial charge < -0.3 is 24.0 Å². The number of rotatable bonds is 9. The number of morpholine rings is 1. The van der Waals surface area contributed by atoms with Crippen LogP contribution in [0.15, 0.2) is 36.8 Å². The van der Waals surface area contributed by atoms with Crippen molar-refractivity contribution in [3.05, 3.63) is 47.2 Å². The SMILES string of the molecule is CCOC(=O)c1cnc(N(C)Cc2cc3nc(-c4ccc(OCC)nc4)nc(N4CCOCC4)c3s2)nc1. The van der Waals surface area contributed by atoms with Crippen molar-refractivity contribution in [3.8, 4) is 17.3 Å². The molecule has 4 aromatic heterocycles. The van der Waals surface area contributed by atoms with Gasteiger partial charge in [-0.25, -0.2) is 29.7 Å². The van der Waals surface area contributed by atoms with Gasteiger partial charge in [-0.05, 0) is 26.0 Å². The Bertz CT molecular complexity index is 1390. The van der Waals surface area contributed by atoms with Crippen LogP contribution in [0.25, 0.3) is 21.6 Å². The molecule has 12 heteroatoms. The largest absolute Gasteiger partial charge is 0.478 e. The molecule has 1 aliphatic heterocycles. The van der Waals surface area contributed by atoms with Crippen molar-refractivity contribution >= 4 is 39.3 Å². The summed E-state index contributed by atoms with van der Waals surface area (Å²) in [5.41, 5.74) is 2.02. The van der Waals surface area contributed by atoms with E-state index in [0.29, 0.717) is 56.2 Å². The molecule has 0 aromatic carbocycles. The summed E-state index contributed by atoms with van der Waals surface area (Å²) in [6.07, 6.45) is 4.72. The predicted molar refractivity (Wildman–Crippen MR) is 145 cm³/mol. The number of hydrogen-bond donors (Lipinski definition) is 0. The third kappa shape index (κ3) is 5.65. The van der Waals surface area contributed by atoms with Gasteiger partial charge in [-0.1, -0.05) is 0 Å². The maximum atomic E-state index is 11.9. The molecule has 0 N–H and O–H groups in total. The number of anilines is 2. The van der Waals surface area contributed by atoms with E-state index in [9.17, 15) is 4.79 Å². The van der Waals surface area contributed by atoms with E-state index in [0.717, 1.165) is 39.6 Å². The van der Waals surface area contributed by atoms with Crippen LogP contribution in [0, 0.1) is 0 Å². The van der Waals surface area contributed by atoms with E-state index in [4.69, 9.17) is 24.2 Å². The van der Waals surface area contributed by atoms with Gasteiger partial charge >= 0.3 is 5.97 Å². The van der Waals surface area contributed by atoms with Gasteiger partial charge in [-0.15, -0.1) is 11.3 Å². The predicted octanol–water partition coefficient (Wildman–Crippen LogP) is 3.59. The van der Waals surface area contributed by atoms with E-state index >= 15 is 0 Å². The molecular weight excluding hydrogens is 506 g/mol. The van der Waals surface area contributed by atoms with Gasteiger partial charge in [0.25, 0.3) is 0 Å². The van der Waals surface area contributed by atoms with E-state index in [1.165, 1.54) is 12.4 Å². The molecule has 1 saturated heterocycles. The summed E-state index contributed by atoms with van der Waals surface area (Å²) in [5, 5.41) is 0. The van der Waals surface area contributed by atoms with Crippen LogP contribution >= 0.6 is 11.3 Å². The van der Waals surface area contributed by atoms with Crippen molar-refractivity contribution in [1.82, 2.24) is 24.9 Å². The lowest BCUT2D eigenvalue weighted by molar-refractivity contribution is 0.0525. The molecule has 11 nitrogen and oxygen atoms in total. The average molecular weight is 536 g/mol. The lowest BCUT2D eigenvalue weighted by Crippen LogP contribution is -2.36. The Kier molecular flexibility index (Phi) is 7.89. The number of carbonyl (C=O) groups excluding carboxylic acids is 1. The third-order valence-electron chi connectivity index (χ3n) is 5.89.